The summed E-state index contributed by atoms with van der Waals surface area (Å²) in [6.45, 7) is -0.417. The van der Waals surface area contributed by atoms with Crippen molar-refractivity contribution < 1.29 is 25.3 Å². The summed E-state index contributed by atoms with van der Waals surface area (Å²) in [5.74, 6) is 0.101. The van der Waals surface area contributed by atoms with Crippen molar-refractivity contribution in [3.05, 3.63) is 12.0 Å². The van der Waals surface area contributed by atoms with Crippen LogP contribution in [0.25, 0.3) is 11.0 Å². The number of hydrogen-bond acceptors (Lipinski definition) is 9. The van der Waals surface area contributed by atoms with Gasteiger partial charge in [0, 0.05) is 0 Å². The van der Waals surface area contributed by atoms with Crippen LogP contribution in [-0.4, -0.2) is 65.6 Å². The van der Waals surface area contributed by atoms with E-state index < -0.39 is 31.0 Å². The summed E-state index contributed by atoms with van der Waals surface area (Å²) in [5, 5.41) is 44.3. The van der Waals surface area contributed by atoms with Gasteiger partial charge in [0.1, 0.15) is 36.3 Å². The highest BCUT2D eigenvalue weighted by Gasteiger charge is 2.44. The molecule has 0 spiro atoms. The zero-order chi connectivity index (χ0) is 14.3. The molecule has 0 unspecified atom stereocenters. The van der Waals surface area contributed by atoms with E-state index in [1.807, 2.05) is 5.48 Å². The summed E-state index contributed by atoms with van der Waals surface area (Å²) < 4.78 is 5.40. The molecule has 108 valence electrons. The summed E-state index contributed by atoms with van der Waals surface area (Å²) >= 11 is 0. The molecule has 1 saturated heterocycles. The Bertz CT molecular complexity index is 619. The number of anilines is 1. The fourth-order valence-corrected chi connectivity index (χ4v) is 2.27. The van der Waals surface area contributed by atoms with Crippen LogP contribution in [0.2, 0.25) is 0 Å². The van der Waals surface area contributed by atoms with Gasteiger partial charge in [0.15, 0.2) is 11.3 Å². The van der Waals surface area contributed by atoms with Gasteiger partial charge in [0.2, 0.25) is 0 Å². The third kappa shape index (κ3) is 1.82. The Morgan fingerprint density at radius 1 is 1.25 bits per heavy atom. The van der Waals surface area contributed by atoms with Crippen molar-refractivity contribution >= 4 is 16.9 Å². The normalized spacial score (nSPS) is 30.0. The fourth-order valence-electron chi connectivity index (χ4n) is 2.27. The number of nitrogens with one attached hydrogen (secondary N) is 2. The van der Waals surface area contributed by atoms with E-state index in [9.17, 15) is 10.2 Å². The molecule has 10 nitrogen and oxygen atoms in total. The molecule has 0 bridgehead atoms. The van der Waals surface area contributed by atoms with Crippen molar-refractivity contribution in [3.8, 4) is 0 Å². The van der Waals surface area contributed by atoms with Crippen molar-refractivity contribution in [2.24, 2.45) is 0 Å². The molecule has 0 saturated carbocycles. The maximum absolute atomic E-state index is 9.97. The number of hydrogen-bond donors (Lipinski definition) is 6. The second-order valence-electron chi connectivity index (χ2n) is 4.43. The van der Waals surface area contributed by atoms with E-state index in [0.29, 0.717) is 11.2 Å². The van der Waals surface area contributed by atoms with Gasteiger partial charge >= 0.3 is 0 Å². The Labute approximate surface area is 112 Å². The van der Waals surface area contributed by atoms with Crippen molar-refractivity contribution in [2.75, 3.05) is 12.1 Å². The van der Waals surface area contributed by atoms with Gasteiger partial charge in [0.05, 0.1) is 12.3 Å². The fraction of sp³-hybridized carbons (Fsp3) is 0.500. The monoisotopic (exact) mass is 283 g/mol. The second kappa shape index (κ2) is 4.92. The van der Waals surface area contributed by atoms with Gasteiger partial charge in [0.25, 0.3) is 0 Å². The Balaban J connectivity index is 2.03. The minimum Gasteiger partial charge on any atom is -0.394 e. The van der Waals surface area contributed by atoms with E-state index in [-0.39, 0.29) is 11.3 Å². The van der Waals surface area contributed by atoms with Gasteiger partial charge in [-0.25, -0.2) is 9.97 Å². The maximum Gasteiger partial charge on any atom is 0.181 e. The van der Waals surface area contributed by atoms with E-state index in [1.54, 1.807) is 0 Å². The van der Waals surface area contributed by atoms with E-state index in [2.05, 4.69) is 20.2 Å². The summed E-state index contributed by atoms with van der Waals surface area (Å²) in [6.07, 6.45) is -3.02. The van der Waals surface area contributed by atoms with E-state index in [0.717, 1.165) is 0 Å². The average molecular weight is 283 g/mol. The summed E-state index contributed by atoms with van der Waals surface area (Å²) in [4.78, 5) is 7.80. The van der Waals surface area contributed by atoms with Crippen LogP contribution in [0.15, 0.2) is 6.33 Å². The first-order valence-corrected chi connectivity index (χ1v) is 5.89. The molecule has 0 aliphatic carbocycles. The van der Waals surface area contributed by atoms with Gasteiger partial charge in [-0.05, 0) is 0 Å². The molecule has 0 aromatic carbocycles. The van der Waals surface area contributed by atoms with Crippen LogP contribution in [0.1, 0.15) is 11.8 Å². The molecule has 1 fully saturated rings. The molecular weight excluding hydrogens is 270 g/mol. The zero-order valence-corrected chi connectivity index (χ0v) is 10.1. The molecule has 6 N–H and O–H groups in total. The molecule has 3 heterocycles. The van der Waals surface area contributed by atoms with Gasteiger partial charge < -0.3 is 20.1 Å². The zero-order valence-electron chi connectivity index (χ0n) is 10.1. The molecule has 0 amide bonds. The number of H-pyrrole nitrogens is 1. The topological polar surface area (TPSA) is 157 Å². The van der Waals surface area contributed by atoms with E-state index in [1.165, 1.54) is 6.33 Å². The van der Waals surface area contributed by atoms with Crippen LogP contribution in [0.4, 0.5) is 5.82 Å². The van der Waals surface area contributed by atoms with Crippen LogP contribution >= 0.6 is 0 Å². The predicted molar refractivity (Wildman–Crippen MR) is 63.8 cm³/mol. The first kappa shape index (κ1) is 13.1. The average Bonchev–Trinajstić information content (AvgIpc) is 3.01. The molecule has 2 aromatic rings. The predicted octanol–water partition coefficient (Wildman–Crippen LogP) is -1.69. The highest BCUT2D eigenvalue weighted by Crippen LogP contribution is 2.35. The largest absolute Gasteiger partial charge is 0.394 e. The highest BCUT2D eigenvalue weighted by atomic mass is 16.6. The van der Waals surface area contributed by atoms with Gasteiger partial charge in [-0.2, -0.15) is 5.10 Å². The Morgan fingerprint density at radius 3 is 2.70 bits per heavy atom. The standard InChI is InChI=1S/C10H13N5O5/c16-1-3-7(17)8(18)9(20-3)5-4-6(14-13-5)10(15-19)12-2-11-4/h2-3,7-9,16-19H,1H2,(H,13,14)(H,11,12,15)/t3-,7+,8+,9+/m0/s1. The Kier molecular flexibility index (Phi) is 3.23. The van der Waals surface area contributed by atoms with Crippen LogP contribution in [0.5, 0.6) is 0 Å². The Morgan fingerprint density at radius 2 is 2.05 bits per heavy atom. The third-order valence-electron chi connectivity index (χ3n) is 3.30. The van der Waals surface area contributed by atoms with E-state index >= 15 is 0 Å². The molecule has 1 aliphatic heterocycles. The number of rotatable bonds is 3. The number of ether oxygens (including phenoxy) is 1. The lowest BCUT2D eigenvalue weighted by Crippen LogP contribution is -2.32. The molecule has 10 heteroatoms. The molecule has 3 rings (SSSR count). The SMILES string of the molecule is OC[C@@H]1O[C@H](c2[nH]nc3c(NO)ncnc23)[C@H](O)[C@@H]1O. The second-order valence-corrected chi connectivity index (χ2v) is 4.43. The number of aromatic nitrogens is 4. The lowest BCUT2D eigenvalue weighted by atomic mass is 10.1. The van der Waals surface area contributed by atoms with Gasteiger partial charge in [-0.15, -0.1) is 0 Å². The van der Waals surface area contributed by atoms with E-state index in [4.69, 9.17) is 15.1 Å². The van der Waals surface area contributed by atoms with Crippen LogP contribution in [-0.2, 0) is 4.74 Å². The minimum atomic E-state index is -1.23. The molecule has 20 heavy (non-hydrogen) atoms. The quantitative estimate of drug-likeness (QED) is 0.361. The Hall–Kier alpha value is -1.85. The molecule has 1 aliphatic rings. The van der Waals surface area contributed by atoms with Crippen molar-refractivity contribution in [1.82, 2.24) is 20.2 Å². The summed E-state index contributed by atoms with van der Waals surface area (Å²) in [6, 6.07) is 0. The first-order valence-electron chi connectivity index (χ1n) is 5.89. The smallest absolute Gasteiger partial charge is 0.181 e. The van der Waals surface area contributed by atoms with Crippen molar-refractivity contribution in [3.63, 3.8) is 0 Å². The summed E-state index contributed by atoms with van der Waals surface area (Å²) in [5.41, 5.74) is 2.83. The maximum atomic E-state index is 9.97. The number of aliphatic hydroxyl groups excluding tert-OH is 3. The number of fused-ring (bicyclic) bond motifs is 1. The lowest BCUT2D eigenvalue weighted by molar-refractivity contribution is -0.0236. The van der Waals surface area contributed by atoms with Crippen LogP contribution in [0, 0.1) is 0 Å². The minimum absolute atomic E-state index is 0.101. The number of aromatic amines is 1. The van der Waals surface area contributed by atoms with Gasteiger partial charge in [-0.3, -0.25) is 15.8 Å². The number of nitrogens with zero attached hydrogens (tertiary/aromatic N) is 3. The van der Waals surface area contributed by atoms with Crippen molar-refractivity contribution in [2.45, 2.75) is 24.4 Å². The third-order valence-corrected chi connectivity index (χ3v) is 3.30. The first-order chi connectivity index (χ1) is 9.67. The lowest BCUT2D eigenvalue weighted by Gasteiger charge is -2.12. The van der Waals surface area contributed by atoms with Gasteiger partial charge in [-0.1, -0.05) is 0 Å². The molecule has 2 aromatic heterocycles. The molecular formula is C10H13N5O5. The number of aliphatic hydroxyl groups is 3. The summed E-state index contributed by atoms with van der Waals surface area (Å²) in [7, 11) is 0. The molecule has 0 radical (unpaired) electrons. The molecule has 4 atom stereocenters. The van der Waals surface area contributed by atoms with Crippen LogP contribution < -0.4 is 5.48 Å². The van der Waals surface area contributed by atoms with Crippen molar-refractivity contribution in [1.29, 1.82) is 0 Å². The highest BCUT2D eigenvalue weighted by molar-refractivity contribution is 5.86. The van der Waals surface area contributed by atoms with Crippen LogP contribution in [0.3, 0.4) is 0 Å².